The molecule has 3 N–H and O–H groups in total. The van der Waals surface area contributed by atoms with Crippen LogP contribution in [-0.2, 0) is 4.74 Å². The molecule has 2 saturated heterocycles. The summed E-state index contributed by atoms with van der Waals surface area (Å²) in [5.74, 6) is 0.695. The molecule has 3 atom stereocenters. The number of aliphatic hydroxyl groups is 1. The highest BCUT2D eigenvalue weighted by molar-refractivity contribution is 14.0. The third-order valence-corrected chi connectivity index (χ3v) is 5.54. The molecule has 1 aromatic rings. The van der Waals surface area contributed by atoms with Crippen LogP contribution in [0.25, 0.3) is 0 Å². The fourth-order valence-corrected chi connectivity index (χ4v) is 4.29. The molecule has 174 valence electrons. The molecular weight excluding hydrogens is 509 g/mol. The van der Waals surface area contributed by atoms with Crippen LogP contribution in [0, 0.1) is 0 Å². The highest BCUT2D eigenvalue weighted by Crippen LogP contribution is 2.36. The number of piperidine rings is 1. The predicted octanol–water partition coefficient (Wildman–Crippen LogP) is 3.22. The molecule has 2 fully saturated rings. The fourth-order valence-electron chi connectivity index (χ4n) is 4.29. The lowest BCUT2D eigenvalue weighted by atomic mass is 9.98. The van der Waals surface area contributed by atoms with Crippen molar-refractivity contribution in [3.8, 4) is 0 Å². The first-order valence-electron chi connectivity index (χ1n) is 10.9. The maximum Gasteiger partial charge on any atom is 0.410 e. The summed E-state index contributed by atoms with van der Waals surface area (Å²) in [5, 5.41) is 17.1. The minimum absolute atomic E-state index is 0. The molecule has 8 nitrogen and oxygen atoms in total. The second-order valence-electron chi connectivity index (χ2n) is 9.10. The Kier molecular flexibility index (Phi) is 9.35. The number of hydrogen-bond donors (Lipinski definition) is 3. The van der Waals surface area contributed by atoms with Crippen LogP contribution >= 0.6 is 24.0 Å². The molecule has 1 aromatic heterocycles. The van der Waals surface area contributed by atoms with Crippen molar-refractivity contribution in [1.82, 2.24) is 20.5 Å². The first-order chi connectivity index (χ1) is 14.3. The maximum absolute atomic E-state index is 12.6. The topological polar surface area (TPSA) is 99.1 Å². The van der Waals surface area contributed by atoms with E-state index in [1.807, 2.05) is 32.6 Å². The summed E-state index contributed by atoms with van der Waals surface area (Å²) < 4.78 is 5.62. The van der Waals surface area contributed by atoms with Crippen LogP contribution in [0.5, 0.6) is 0 Å². The van der Waals surface area contributed by atoms with Crippen molar-refractivity contribution < 1.29 is 14.6 Å². The largest absolute Gasteiger partial charge is 0.444 e. The molecule has 3 heterocycles. The van der Waals surface area contributed by atoms with Crippen LogP contribution in [0.1, 0.15) is 65.0 Å². The fraction of sp³-hybridized carbons (Fsp3) is 0.682. The van der Waals surface area contributed by atoms with Gasteiger partial charge in [0.1, 0.15) is 5.60 Å². The van der Waals surface area contributed by atoms with Crippen molar-refractivity contribution in [2.45, 2.75) is 83.2 Å². The first-order valence-corrected chi connectivity index (χ1v) is 10.9. The Morgan fingerprint density at radius 1 is 1.29 bits per heavy atom. The molecule has 0 spiro atoms. The average Bonchev–Trinajstić information content (AvgIpc) is 2.96. The number of rotatable bonds is 5. The smallest absolute Gasteiger partial charge is 0.410 e. The molecule has 2 bridgehead atoms. The lowest BCUT2D eigenvalue weighted by molar-refractivity contribution is 0.00544. The summed E-state index contributed by atoms with van der Waals surface area (Å²) in [6, 6.07) is 4.22. The monoisotopic (exact) mass is 545 g/mol. The molecule has 2 aliphatic heterocycles. The molecule has 9 heteroatoms. The third-order valence-electron chi connectivity index (χ3n) is 5.54. The van der Waals surface area contributed by atoms with E-state index in [9.17, 15) is 9.90 Å². The minimum Gasteiger partial charge on any atom is -0.444 e. The maximum atomic E-state index is 12.6. The van der Waals surface area contributed by atoms with Crippen molar-refractivity contribution >= 4 is 36.0 Å². The van der Waals surface area contributed by atoms with Crippen LogP contribution in [-0.4, -0.2) is 63.9 Å². The van der Waals surface area contributed by atoms with Gasteiger partial charge in [-0.2, -0.15) is 0 Å². The molecular formula is C22H36IN5O3. The Morgan fingerprint density at radius 2 is 1.90 bits per heavy atom. The highest BCUT2D eigenvalue weighted by atomic mass is 127. The summed E-state index contributed by atoms with van der Waals surface area (Å²) in [7, 11) is 0. The van der Waals surface area contributed by atoms with Gasteiger partial charge in [-0.1, -0.05) is 0 Å². The van der Waals surface area contributed by atoms with E-state index in [0.717, 1.165) is 37.8 Å². The number of hydrogen-bond acceptors (Lipinski definition) is 5. The number of aromatic nitrogens is 1. The van der Waals surface area contributed by atoms with Gasteiger partial charge in [0.05, 0.1) is 12.6 Å². The number of fused-ring (bicyclic) bond motifs is 2. The van der Waals surface area contributed by atoms with E-state index < -0.39 is 11.7 Å². The summed E-state index contributed by atoms with van der Waals surface area (Å²) in [4.78, 5) is 23.1. The van der Waals surface area contributed by atoms with Crippen LogP contribution in [0.4, 0.5) is 4.79 Å². The van der Waals surface area contributed by atoms with Crippen LogP contribution in [0.3, 0.4) is 0 Å². The molecule has 3 unspecified atom stereocenters. The number of guanidine groups is 1. The van der Waals surface area contributed by atoms with Crippen molar-refractivity contribution in [3.63, 3.8) is 0 Å². The van der Waals surface area contributed by atoms with Gasteiger partial charge in [0.15, 0.2) is 5.96 Å². The normalized spacial score (nSPS) is 24.2. The number of pyridine rings is 1. The summed E-state index contributed by atoms with van der Waals surface area (Å²) in [6.07, 6.45) is 6.22. The average molecular weight is 545 g/mol. The number of carbonyl (C=O) groups excluding carboxylic acids is 1. The van der Waals surface area contributed by atoms with Crippen LogP contribution < -0.4 is 10.6 Å². The molecule has 0 radical (unpaired) electrons. The van der Waals surface area contributed by atoms with Gasteiger partial charge in [0.2, 0.25) is 0 Å². The van der Waals surface area contributed by atoms with E-state index >= 15 is 0 Å². The van der Waals surface area contributed by atoms with Crippen molar-refractivity contribution in [2.75, 3.05) is 13.1 Å². The number of amides is 1. The van der Waals surface area contributed by atoms with Gasteiger partial charge in [-0.15, -0.1) is 24.0 Å². The molecule has 0 aromatic carbocycles. The number of nitrogens with zero attached hydrogens (tertiary/aromatic N) is 3. The molecule has 0 saturated carbocycles. The van der Waals surface area contributed by atoms with E-state index in [-0.39, 0.29) is 54.7 Å². The Balaban J connectivity index is 0.00000341. The Bertz CT molecular complexity index is 726. The standard InChI is InChI=1S/C22H35N5O3.HI/c1-5-24-20(25-14-19(28)15-8-10-23-11-9-15)26-16-12-17-6-7-18(13-16)27(17)21(29)30-22(2,3)4;/h8-11,16-19,28H,5-7,12-14H2,1-4H3,(H2,24,25,26);1H. The van der Waals surface area contributed by atoms with E-state index in [4.69, 9.17) is 4.74 Å². The second kappa shape index (κ2) is 11.3. The number of carbonyl (C=O) groups is 1. The first kappa shape index (κ1) is 25.6. The lowest BCUT2D eigenvalue weighted by Gasteiger charge is -2.40. The van der Waals surface area contributed by atoms with Gasteiger partial charge in [0.25, 0.3) is 0 Å². The second-order valence-corrected chi connectivity index (χ2v) is 9.10. The zero-order chi connectivity index (χ0) is 21.7. The van der Waals surface area contributed by atoms with Crippen LogP contribution in [0.15, 0.2) is 29.5 Å². The van der Waals surface area contributed by atoms with Crippen LogP contribution in [0.2, 0.25) is 0 Å². The van der Waals surface area contributed by atoms with Gasteiger partial charge in [0, 0.05) is 37.1 Å². The SMILES string of the molecule is CCNC(=NCC(O)c1ccncc1)NC1CC2CCC(C1)N2C(=O)OC(C)(C)C.I. The summed E-state index contributed by atoms with van der Waals surface area (Å²) >= 11 is 0. The number of ether oxygens (including phenoxy) is 1. The molecule has 1 amide bonds. The predicted molar refractivity (Wildman–Crippen MR) is 132 cm³/mol. The Labute approximate surface area is 202 Å². The van der Waals surface area contributed by atoms with Gasteiger partial charge < -0.3 is 25.4 Å². The van der Waals surface area contributed by atoms with Gasteiger partial charge in [-0.25, -0.2) is 4.79 Å². The number of aliphatic hydroxyl groups excluding tert-OH is 1. The van der Waals surface area contributed by atoms with E-state index in [1.54, 1.807) is 24.5 Å². The Morgan fingerprint density at radius 3 is 2.45 bits per heavy atom. The van der Waals surface area contributed by atoms with Crippen molar-refractivity contribution in [3.05, 3.63) is 30.1 Å². The number of aliphatic imine (C=N–C) groups is 1. The quantitative estimate of drug-likeness (QED) is 0.299. The Hall–Kier alpha value is -1.62. The van der Waals surface area contributed by atoms with Crippen molar-refractivity contribution in [1.29, 1.82) is 0 Å². The summed E-state index contributed by atoms with van der Waals surface area (Å²) in [5.41, 5.74) is 0.319. The molecule has 3 rings (SSSR count). The molecule has 31 heavy (non-hydrogen) atoms. The number of halogens is 1. The van der Waals surface area contributed by atoms with E-state index in [1.165, 1.54) is 0 Å². The zero-order valence-corrected chi connectivity index (χ0v) is 21.2. The number of nitrogens with one attached hydrogen (secondary N) is 2. The summed E-state index contributed by atoms with van der Waals surface area (Å²) in [6.45, 7) is 8.73. The third kappa shape index (κ3) is 7.20. The van der Waals surface area contributed by atoms with Gasteiger partial charge in [-0.3, -0.25) is 9.98 Å². The lowest BCUT2D eigenvalue weighted by Crippen LogP contribution is -2.55. The van der Waals surface area contributed by atoms with Gasteiger partial charge in [-0.05, 0) is 71.1 Å². The zero-order valence-electron chi connectivity index (χ0n) is 18.9. The minimum atomic E-state index is -0.673. The van der Waals surface area contributed by atoms with E-state index in [2.05, 4.69) is 20.6 Å². The van der Waals surface area contributed by atoms with Crippen molar-refractivity contribution in [2.24, 2.45) is 4.99 Å². The van der Waals surface area contributed by atoms with E-state index in [0.29, 0.717) is 5.96 Å². The molecule has 0 aliphatic carbocycles. The molecule has 2 aliphatic rings. The van der Waals surface area contributed by atoms with Gasteiger partial charge >= 0.3 is 6.09 Å². The highest BCUT2D eigenvalue weighted by Gasteiger charge is 2.45.